The molecule has 3 N–H and O–H groups in total. The molecule has 1 aliphatic heterocycles. The number of aliphatic hydroxyl groups excluding tert-OH is 3. The van der Waals surface area contributed by atoms with E-state index in [4.69, 9.17) is 9.47 Å². The highest BCUT2D eigenvalue weighted by molar-refractivity contribution is 5.86. The van der Waals surface area contributed by atoms with Gasteiger partial charge in [0, 0.05) is 6.42 Å². The average Bonchev–Trinajstić information content (AvgIpc) is 2.84. The predicted octanol–water partition coefficient (Wildman–Crippen LogP) is 2.30. The fourth-order valence-electron chi connectivity index (χ4n) is 7.19. The number of carbonyl (C=O) groups is 2. The molecule has 3 fully saturated rings. The van der Waals surface area contributed by atoms with E-state index in [1.165, 1.54) is 5.57 Å². The van der Waals surface area contributed by atoms with Crippen LogP contribution in [0.4, 0.5) is 0 Å². The second-order valence-electron chi connectivity index (χ2n) is 11.8. The summed E-state index contributed by atoms with van der Waals surface area (Å²) < 4.78 is 16.1. The third-order valence-electron chi connectivity index (χ3n) is 9.61. The molecule has 8 heteroatoms. The molecular weight excluding hydrogens is 452 g/mol. The van der Waals surface area contributed by atoms with E-state index in [1.54, 1.807) is 0 Å². The maximum absolute atomic E-state index is 13.3. The number of hydrogen-bond donors (Lipinski definition) is 3. The second kappa shape index (κ2) is 9.38. The van der Waals surface area contributed by atoms with Gasteiger partial charge in [0.05, 0.1) is 19.1 Å². The van der Waals surface area contributed by atoms with E-state index in [0.29, 0.717) is 12.3 Å². The number of fused-ring (bicyclic) bond motifs is 3. The van der Waals surface area contributed by atoms with Crippen molar-refractivity contribution in [2.45, 2.75) is 90.0 Å². The number of methoxy groups -OCH3 is 1. The molecule has 3 aliphatic carbocycles. The highest BCUT2D eigenvalue weighted by Crippen LogP contribution is 2.63. The molecule has 0 spiro atoms. The molecule has 196 valence electrons. The molecule has 1 saturated heterocycles. The van der Waals surface area contributed by atoms with Crippen LogP contribution in [0.5, 0.6) is 0 Å². The minimum atomic E-state index is -1.65. The number of esters is 1. The van der Waals surface area contributed by atoms with Gasteiger partial charge in [-0.15, -0.1) is 6.58 Å². The molecule has 0 aromatic heterocycles. The Balaban J connectivity index is 1.55. The first-order valence-electron chi connectivity index (χ1n) is 12.6. The van der Waals surface area contributed by atoms with Crippen LogP contribution in [0.3, 0.4) is 0 Å². The lowest BCUT2D eigenvalue weighted by Gasteiger charge is -2.59. The molecular formula is C27H40O8. The molecule has 0 unspecified atom stereocenters. The van der Waals surface area contributed by atoms with Gasteiger partial charge in [-0.05, 0) is 54.8 Å². The van der Waals surface area contributed by atoms with E-state index in [9.17, 15) is 24.9 Å². The van der Waals surface area contributed by atoms with Crippen molar-refractivity contribution in [3.05, 3.63) is 24.3 Å². The number of hydrogen-bond acceptors (Lipinski definition) is 8. The maximum Gasteiger partial charge on any atom is 0.337 e. The number of carbonyl (C=O) groups excluding carboxylic acids is 2. The van der Waals surface area contributed by atoms with Gasteiger partial charge < -0.3 is 29.5 Å². The maximum atomic E-state index is 13.3. The molecule has 0 aromatic carbocycles. The van der Waals surface area contributed by atoms with Crippen LogP contribution in [-0.4, -0.2) is 71.5 Å². The van der Waals surface area contributed by atoms with Crippen LogP contribution in [0.15, 0.2) is 24.3 Å². The van der Waals surface area contributed by atoms with Crippen molar-refractivity contribution in [1.29, 1.82) is 0 Å². The number of allylic oxidation sites excluding steroid dienone is 3. The Morgan fingerprint density at radius 3 is 2.57 bits per heavy atom. The largest absolute Gasteiger partial charge is 0.467 e. The molecule has 0 bridgehead atoms. The van der Waals surface area contributed by atoms with Crippen LogP contribution in [0.2, 0.25) is 0 Å². The van der Waals surface area contributed by atoms with Crippen molar-refractivity contribution < 1.29 is 39.1 Å². The average molecular weight is 493 g/mol. The smallest absolute Gasteiger partial charge is 0.337 e. The monoisotopic (exact) mass is 492 g/mol. The molecule has 35 heavy (non-hydrogen) atoms. The summed E-state index contributed by atoms with van der Waals surface area (Å²) in [6, 6.07) is 0. The lowest BCUT2D eigenvalue weighted by atomic mass is 9.45. The van der Waals surface area contributed by atoms with Gasteiger partial charge in [0.15, 0.2) is 12.4 Å². The number of Topliss-reactive ketones (excluding diaryl/α,β-unsaturated/α-hetero) is 1. The predicted molar refractivity (Wildman–Crippen MR) is 127 cm³/mol. The summed E-state index contributed by atoms with van der Waals surface area (Å²) in [4.78, 5) is 25.3. The van der Waals surface area contributed by atoms with Crippen molar-refractivity contribution in [1.82, 2.24) is 0 Å². The van der Waals surface area contributed by atoms with E-state index >= 15 is 0 Å². The Morgan fingerprint density at radius 1 is 1.20 bits per heavy atom. The Labute approximate surface area is 207 Å². The lowest BCUT2D eigenvalue weighted by Crippen LogP contribution is -2.62. The van der Waals surface area contributed by atoms with Gasteiger partial charge in [-0.25, -0.2) is 4.79 Å². The van der Waals surface area contributed by atoms with E-state index in [-0.39, 0.29) is 29.1 Å². The molecule has 0 radical (unpaired) electrons. The van der Waals surface area contributed by atoms with Gasteiger partial charge in [-0.2, -0.15) is 0 Å². The van der Waals surface area contributed by atoms with Gasteiger partial charge in [0.1, 0.15) is 24.1 Å². The van der Waals surface area contributed by atoms with Crippen LogP contribution >= 0.6 is 0 Å². The number of aliphatic hydroxyl groups is 3. The Bertz CT molecular complexity index is 900. The fourth-order valence-corrected chi connectivity index (χ4v) is 7.19. The van der Waals surface area contributed by atoms with Crippen molar-refractivity contribution in [3.8, 4) is 0 Å². The summed E-state index contributed by atoms with van der Waals surface area (Å²) in [6.07, 6.45) is 1.81. The fraction of sp³-hybridized carbons (Fsp3) is 0.778. The highest BCUT2D eigenvalue weighted by Gasteiger charge is 2.59. The molecule has 4 rings (SSSR count). The van der Waals surface area contributed by atoms with Crippen molar-refractivity contribution in [3.63, 3.8) is 0 Å². The normalized spacial score (nSPS) is 47.8. The van der Waals surface area contributed by atoms with Gasteiger partial charge >= 0.3 is 5.97 Å². The van der Waals surface area contributed by atoms with E-state index < -0.39 is 42.1 Å². The van der Waals surface area contributed by atoms with Crippen LogP contribution in [-0.2, 0) is 23.8 Å². The summed E-state index contributed by atoms with van der Waals surface area (Å²) in [5.74, 6) is -0.318. The number of ketones is 1. The van der Waals surface area contributed by atoms with Crippen LogP contribution < -0.4 is 0 Å². The molecule has 0 aromatic rings. The Morgan fingerprint density at radius 2 is 1.91 bits per heavy atom. The van der Waals surface area contributed by atoms with Crippen molar-refractivity contribution >= 4 is 11.8 Å². The zero-order valence-electron chi connectivity index (χ0n) is 21.2. The van der Waals surface area contributed by atoms with Crippen LogP contribution in [0.25, 0.3) is 0 Å². The minimum Gasteiger partial charge on any atom is -0.467 e. The Hall–Kier alpha value is -1.58. The summed E-state index contributed by atoms with van der Waals surface area (Å²) >= 11 is 0. The standard InChI is InChI=1S/C27H40O8/c1-6-25(2)11-9-16-15(13-25)7-8-17-26(16,3)12-10-18(28)27(17,4)14-34-24-21(31)19(29)20(30)22(35-24)23(32)33-5/h6-7,16-17,19-22,24,29-31H,1,8-14H2,2-5H3/t16-,17-,19-,20+,21+,22+,24-,25+,26-,27-/m1/s1. The minimum absolute atomic E-state index is 0.0230. The quantitative estimate of drug-likeness (QED) is 0.395. The van der Waals surface area contributed by atoms with E-state index in [0.717, 1.165) is 39.2 Å². The third-order valence-corrected chi connectivity index (χ3v) is 9.61. The first-order valence-corrected chi connectivity index (χ1v) is 12.6. The third kappa shape index (κ3) is 4.31. The summed E-state index contributed by atoms with van der Waals surface area (Å²) in [5.41, 5.74) is 0.700. The van der Waals surface area contributed by atoms with Gasteiger partial charge in [-0.3, -0.25) is 4.79 Å². The molecule has 8 nitrogen and oxygen atoms in total. The van der Waals surface area contributed by atoms with Crippen molar-refractivity contribution in [2.75, 3.05) is 13.7 Å². The van der Waals surface area contributed by atoms with E-state index in [1.807, 2.05) is 6.92 Å². The van der Waals surface area contributed by atoms with Crippen LogP contribution in [0, 0.1) is 28.1 Å². The van der Waals surface area contributed by atoms with E-state index in [2.05, 4.69) is 37.3 Å². The van der Waals surface area contributed by atoms with Gasteiger partial charge in [0.25, 0.3) is 0 Å². The SMILES string of the molecule is C=C[C@@]1(C)CC[C@@H]2C(=CC[C@@H]3[C@]2(C)CCC(=O)[C@]3(C)CO[C@@H]2O[C@H](C(=O)OC)[C@@H](O)[C@@H](O)[C@@H]2O)C1. The van der Waals surface area contributed by atoms with Gasteiger partial charge in [-0.1, -0.05) is 38.5 Å². The Kier molecular flexibility index (Phi) is 7.10. The molecule has 10 atom stereocenters. The first kappa shape index (κ1) is 26.5. The lowest BCUT2D eigenvalue weighted by molar-refractivity contribution is -0.301. The van der Waals surface area contributed by atoms with Gasteiger partial charge in [0.2, 0.25) is 0 Å². The molecule has 0 amide bonds. The summed E-state index contributed by atoms with van der Waals surface area (Å²) in [7, 11) is 1.14. The van der Waals surface area contributed by atoms with Crippen molar-refractivity contribution in [2.24, 2.45) is 28.1 Å². The zero-order chi connectivity index (χ0) is 25.8. The zero-order valence-corrected chi connectivity index (χ0v) is 21.2. The summed E-state index contributed by atoms with van der Waals surface area (Å²) in [6.45, 7) is 10.5. The number of rotatable bonds is 5. The molecule has 1 heterocycles. The topological polar surface area (TPSA) is 123 Å². The van der Waals surface area contributed by atoms with Crippen LogP contribution in [0.1, 0.15) is 59.3 Å². The highest BCUT2D eigenvalue weighted by atomic mass is 16.7. The summed E-state index contributed by atoms with van der Waals surface area (Å²) in [5, 5.41) is 30.8. The molecule has 4 aliphatic rings. The first-order chi connectivity index (χ1) is 16.4. The molecule has 2 saturated carbocycles. The second-order valence-corrected chi connectivity index (χ2v) is 11.8. The number of ether oxygens (including phenoxy) is 3.